The zero-order valence-corrected chi connectivity index (χ0v) is 12.4. The van der Waals surface area contributed by atoms with Crippen LogP contribution in [0.2, 0.25) is 0 Å². The third-order valence-electron chi connectivity index (χ3n) is 5.38. The molecule has 3 aliphatic rings. The van der Waals surface area contributed by atoms with E-state index in [9.17, 15) is 9.59 Å². The summed E-state index contributed by atoms with van der Waals surface area (Å²) in [6.07, 6.45) is 3.27. The summed E-state index contributed by atoms with van der Waals surface area (Å²) in [5.41, 5.74) is 2.07. The molecular weight excluding hydrogens is 272 g/mol. The van der Waals surface area contributed by atoms with E-state index in [1.54, 1.807) is 0 Å². The molecule has 2 fully saturated rings. The van der Waals surface area contributed by atoms with Gasteiger partial charge in [0, 0.05) is 26.2 Å². The number of amides is 1. The van der Waals surface area contributed by atoms with Gasteiger partial charge in [0.1, 0.15) is 6.61 Å². The van der Waals surface area contributed by atoms with Gasteiger partial charge in [-0.05, 0) is 38.0 Å². The minimum Gasteiger partial charge on any atom is -0.465 e. The molecule has 3 heterocycles. The van der Waals surface area contributed by atoms with Crippen molar-refractivity contribution in [2.75, 3.05) is 32.8 Å². The number of hydrogen-bond donors (Lipinski definition) is 1. The molecule has 21 heavy (non-hydrogen) atoms. The van der Waals surface area contributed by atoms with E-state index in [4.69, 9.17) is 9.84 Å². The molecule has 0 radical (unpaired) electrons. The summed E-state index contributed by atoms with van der Waals surface area (Å²) < 4.78 is 5.08. The fourth-order valence-corrected chi connectivity index (χ4v) is 3.72. The number of nitrogens with zero attached hydrogens (tertiary/aromatic N) is 2. The van der Waals surface area contributed by atoms with Crippen LogP contribution in [0.5, 0.6) is 0 Å². The smallest absolute Gasteiger partial charge is 0.407 e. The molecule has 2 saturated heterocycles. The molecule has 1 amide bonds. The van der Waals surface area contributed by atoms with Crippen molar-refractivity contribution in [1.29, 1.82) is 0 Å². The number of carboxylic acid groups (broad SMARTS) is 1. The van der Waals surface area contributed by atoms with Crippen molar-refractivity contribution < 1.29 is 19.4 Å². The highest BCUT2D eigenvalue weighted by Gasteiger charge is 2.39. The molecule has 3 aliphatic heterocycles. The average molecular weight is 294 g/mol. The Labute approximate surface area is 124 Å². The van der Waals surface area contributed by atoms with E-state index in [0.717, 1.165) is 50.0 Å². The number of esters is 1. The van der Waals surface area contributed by atoms with Gasteiger partial charge in [0.15, 0.2) is 0 Å². The fourth-order valence-electron chi connectivity index (χ4n) is 3.72. The number of hydrogen-bond acceptors (Lipinski definition) is 4. The Morgan fingerprint density at radius 3 is 2.19 bits per heavy atom. The fraction of sp³-hybridized carbons (Fsp3) is 0.733. The molecule has 0 aromatic carbocycles. The highest BCUT2D eigenvalue weighted by Crippen LogP contribution is 2.42. The zero-order chi connectivity index (χ0) is 15.0. The number of likely N-dealkylation sites (tertiary alicyclic amines) is 2. The predicted molar refractivity (Wildman–Crippen MR) is 75.7 cm³/mol. The van der Waals surface area contributed by atoms with Crippen LogP contribution in [0.1, 0.15) is 32.6 Å². The van der Waals surface area contributed by atoms with E-state index in [2.05, 4.69) is 4.90 Å². The molecule has 0 saturated carbocycles. The van der Waals surface area contributed by atoms with Crippen molar-refractivity contribution in [3.05, 3.63) is 11.3 Å². The van der Waals surface area contributed by atoms with Gasteiger partial charge >= 0.3 is 12.1 Å². The van der Waals surface area contributed by atoms with Crippen molar-refractivity contribution in [2.45, 2.75) is 32.6 Å². The van der Waals surface area contributed by atoms with E-state index < -0.39 is 6.09 Å². The summed E-state index contributed by atoms with van der Waals surface area (Å²) >= 11 is 0. The molecule has 116 valence electrons. The summed E-state index contributed by atoms with van der Waals surface area (Å²) in [4.78, 5) is 26.2. The highest BCUT2D eigenvalue weighted by atomic mass is 16.5. The van der Waals surface area contributed by atoms with Crippen molar-refractivity contribution >= 4 is 12.1 Å². The van der Waals surface area contributed by atoms with Crippen LogP contribution in [-0.2, 0) is 9.53 Å². The second-order valence-electron chi connectivity index (χ2n) is 6.40. The molecular formula is C15H22N2O4. The van der Waals surface area contributed by atoms with Gasteiger partial charge in [0.25, 0.3) is 0 Å². The number of rotatable bonds is 1. The van der Waals surface area contributed by atoms with Gasteiger partial charge in [-0.2, -0.15) is 0 Å². The summed E-state index contributed by atoms with van der Waals surface area (Å²) in [5, 5.41) is 9.03. The van der Waals surface area contributed by atoms with Gasteiger partial charge < -0.3 is 19.6 Å². The number of carbonyl (C=O) groups excluding carboxylic acids is 1. The van der Waals surface area contributed by atoms with Crippen LogP contribution in [-0.4, -0.2) is 59.8 Å². The van der Waals surface area contributed by atoms with E-state index in [0.29, 0.717) is 25.1 Å². The van der Waals surface area contributed by atoms with Crippen LogP contribution in [0, 0.1) is 5.41 Å². The normalized spacial score (nSPS) is 25.5. The predicted octanol–water partition coefficient (Wildman–Crippen LogP) is 1.67. The first-order valence-corrected chi connectivity index (χ1v) is 7.60. The van der Waals surface area contributed by atoms with Crippen molar-refractivity contribution in [3.8, 4) is 0 Å². The Kier molecular flexibility index (Phi) is 3.55. The molecule has 1 N–H and O–H groups in total. The van der Waals surface area contributed by atoms with E-state index in [-0.39, 0.29) is 5.97 Å². The number of ether oxygens (including phenoxy) is 1. The Hall–Kier alpha value is -1.72. The molecule has 0 aromatic heterocycles. The lowest BCUT2D eigenvalue weighted by molar-refractivity contribution is -0.136. The molecule has 6 heteroatoms. The number of cyclic esters (lactones) is 1. The minimum atomic E-state index is -0.801. The molecule has 0 aromatic rings. The third kappa shape index (κ3) is 2.59. The maximum atomic E-state index is 11.5. The Morgan fingerprint density at radius 1 is 1.14 bits per heavy atom. The molecule has 0 unspecified atom stereocenters. The summed E-state index contributed by atoms with van der Waals surface area (Å²) in [6.45, 7) is 5.43. The minimum absolute atomic E-state index is 0.194. The van der Waals surface area contributed by atoms with Crippen molar-refractivity contribution in [1.82, 2.24) is 9.80 Å². The molecule has 1 spiro atoms. The second kappa shape index (κ2) is 5.24. The first-order valence-electron chi connectivity index (χ1n) is 7.60. The first-order chi connectivity index (χ1) is 10.0. The lowest BCUT2D eigenvalue weighted by atomic mass is 9.71. The van der Waals surface area contributed by atoms with E-state index in [1.165, 1.54) is 4.90 Å². The summed E-state index contributed by atoms with van der Waals surface area (Å²) in [7, 11) is 0. The van der Waals surface area contributed by atoms with Gasteiger partial charge in [0.05, 0.1) is 11.3 Å². The summed E-state index contributed by atoms with van der Waals surface area (Å²) in [5.74, 6) is -0.194. The van der Waals surface area contributed by atoms with Gasteiger partial charge in [-0.1, -0.05) is 0 Å². The second-order valence-corrected chi connectivity index (χ2v) is 6.40. The van der Waals surface area contributed by atoms with Crippen molar-refractivity contribution in [3.63, 3.8) is 0 Å². The lowest BCUT2D eigenvalue weighted by Gasteiger charge is -2.47. The quantitative estimate of drug-likeness (QED) is 0.745. The Morgan fingerprint density at radius 2 is 1.71 bits per heavy atom. The van der Waals surface area contributed by atoms with Gasteiger partial charge in [0.2, 0.25) is 0 Å². The molecule has 0 bridgehead atoms. The van der Waals surface area contributed by atoms with Gasteiger partial charge in [-0.3, -0.25) is 0 Å². The first kappa shape index (κ1) is 14.2. The van der Waals surface area contributed by atoms with E-state index in [1.807, 2.05) is 6.92 Å². The zero-order valence-electron chi connectivity index (χ0n) is 12.4. The monoisotopic (exact) mass is 294 g/mol. The standard InChI is InChI=1S/C15H22N2O4/c1-11-12(10-21-13(11)18)16-6-2-15(3-7-16)4-8-17(9-5-15)14(19)20/h2-10H2,1H3,(H,19,20). The average Bonchev–Trinajstić information content (AvgIpc) is 2.81. The van der Waals surface area contributed by atoms with Crippen molar-refractivity contribution in [2.24, 2.45) is 5.41 Å². The van der Waals surface area contributed by atoms with E-state index >= 15 is 0 Å². The van der Waals surface area contributed by atoms with Crippen LogP contribution < -0.4 is 0 Å². The van der Waals surface area contributed by atoms with Gasteiger partial charge in [-0.15, -0.1) is 0 Å². The Bertz CT molecular complexity index is 482. The topological polar surface area (TPSA) is 70.1 Å². The third-order valence-corrected chi connectivity index (χ3v) is 5.38. The van der Waals surface area contributed by atoms with Crippen LogP contribution in [0.3, 0.4) is 0 Å². The SMILES string of the molecule is CC1=C(N2CCC3(CCN(C(=O)O)CC3)CC2)COC1=O. The molecule has 3 rings (SSSR count). The Balaban J connectivity index is 1.59. The molecule has 0 atom stereocenters. The van der Waals surface area contributed by atoms with Gasteiger partial charge in [-0.25, -0.2) is 9.59 Å². The molecule has 6 nitrogen and oxygen atoms in total. The number of carbonyl (C=O) groups is 2. The van der Waals surface area contributed by atoms with Crippen LogP contribution in [0.15, 0.2) is 11.3 Å². The van der Waals surface area contributed by atoms with Crippen LogP contribution >= 0.6 is 0 Å². The highest BCUT2D eigenvalue weighted by molar-refractivity contribution is 5.90. The maximum Gasteiger partial charge on any atom is 0.407 e. The largest absolute Gasteiger partial charge is 0.465 e. The lowest BCUT2D eigenvalue weighted by Crippen LogP contribution is -2.47. The maximum absolute atomic E-state index is 11.5. The number of piperidine rings is 2. The van der Waals surface area contributed by atoms with Crippen LogP contribution in [0.4, 0.5) is 4.79 Å². The molecule has 0 aliphatic carbocycles. The van der Waals surface area contributed by atoms with Crippen LogP contribution in [0.25, 0.3) is 0 Å². The summed E-state index contributed by atoms with van der Waals surface area (Å²) in [6, 6.07) is 0.